The highest BCUT2D eigenvalue weighted by atomic mass is 16.3. The van der Waals surface area contributed by atoms with E-state index in [0.717, 1.165) is 11.5 Å². The number of furan rings is 1. The van der Waals surface area contributed by atoms with Crippen LogP contribution in [-0.2, 0) is 0 Å². The lowest BCUT2D eigenvalue weighted by Gasteiger charge is -2.14. The normalized spacial score (nSPS) is 11.7. The molecule has 8 nitrogen and oxygen atoms in total. The Balaban J connectivity index is 2.08. The third-order valence-corrected chi connectivity index (χ3v) is 3.82. The monoisotopic (exact) mass is 324 g/mol. The van der Waals surface area contributed by atoms with Crippen LogP contribution >= 0.6 is 0 Å². The number of imidazole rings is 2. The Morgan fingerprint density at radius 3 is 2.71 bits per heavy atom. The van der Waals surface area contributed by atoms with Crippen molar-refractivity contribution in [2.45, 2.75) is 26.8 Å². The number of hydrogen-bond acceptors (Lipinski definition) is 5. The summed E-state index contributed by atoms with van der Waals surface area (Å²) in [5, 5.41) is 4.63. The van der Waals surface area contributed by atoms with Crippen molar-refractivity contribution >= 4 is 5.65 Å². The van der Waals surface area contributed by atoms with Crippen molar-refractivity contribution in [3.63, 3.8) is 0 Å². The first-order valence-corrected chi connectivity index (χ1v) is 7.62. The fourth-order valence-corrected chi connectivity index (χ4v) is 2.72. The molecule has 0 amide bonds. The number of aromatic nitrogens is 6. The summed E-state index contributed by atoms with van der Waals surface area (Å²) in [7, 11) is 0. The van der Waals surface area contributed by atoms with Crippen molar-refractivity contribution < 1.29 is 4.42 Å². The molecule has 8 heteroatoms. The second-order valence-corrected chi connectivity index (χ2v) is 5.85. The van der Waals surface area contributed by atoms with Crippen LogP contribution in [0.5, 0.6) is 0 Å². The summed E-state index contributed by atoms with van der Waals surface area (Å²) in [6.07, 6.45) is 4.84. The van der Waals surface area contributed by atoms with E-state index in [0.29, 0.717) is 17.3 Å². The molecule has 0 aromatic carbocycles. The molecule has 0 fully saturated rings. The molecule has 4 heterocycles. The molecule has 0 radical (unpaired) electrons. The van der Waals surface area contributed by atoms with Gasteiger partial charge in [0, 0.05) is 6.04 Å². The molecule has 0 aliphatic heterocycles. The second-order valence-electron chi connectivity index (χ2n) is 5.85. The number of aryl methyl sites for hydroxylation is 1. The molecule has 0 bridgehead atoms. The van der Waals surface area contributed by atoms with E-state index in [1.807, 2.05) is 32.9 Å². The SMILES string of the molecule is Cc1ccc(-c2nn3c(-c4cnc[nH]4)cnc3c(=O)n2C(C)C)o1. The van der Waals surface area contributed by atoms with Crippen molar-refractivity contribution in [2.24, 2.45) is 0 Å². The van der Waals surface area contributed by atoms with Crippen molar-refractivity contribution in [1.29, 1.82) is 0 Å². The minimum atomic E-state index is -0.213. The van der Waals surface area contributed by atoms with E-state index in [1.165, 1.54) is 4.52 Å². The Hall–Kier alpha value is -3.16. The molecule has 4 aromatic rings. The highest BCUT2D eigenvalue weighted by Gasteiger charge is 2.20. The lowest BCUT2D eigenvalue weighted by molar-refractivity contribution is 0.512. The Bertz CT molecular complexity index is 1070. The third kappa shape index (κ3) is 2.07. The van der Waals surface area contributed by atoms with Gasteiger partial charge in [-0.15, -0.1) is 5.10 Å². The highest BCUT2D eigenvalue weighted by molar-refractivity contribution is 5.59. The molecule has 0 atom stereocenters. The number of rotatable bonds is 3. The molecule has 122 valence electrons. The van der Waals surface area contributed by atoms with E-state index in [9.17, 15) is 4.79 Å². The van der Waals surface area contributed by atoms with Crippen molar-refractivity contribution in [3.8, 4) is 23.0 Å². The molecule has 4 rings (SSSR count). The maximum Gasteiger partial charge on any atom is 0.297 e. The zero-order valence-electron chi connectivity index (χ0n) is 13.5. The highest BCUT2D eigenvalue weighted by Crippen LogP contribution is 2.23. The molecule has 0 aliphatic rings. The molecule has 0 aliphatic carbocycles. The Morgan fingerprint density at radius 2 is 2.08 bits per heavy atom. The molecule has 0 spiro atoms. The molecule has 1 N–H and O–H groups in total. The summed E-state index contributed by atoms with van der Waals surface area (Å²) < 4.78 is 8.82. The first-order chi connectivity index (χ1) is 11.6. The van der Waals surface area contributed by atoms with Gasteiger partial charge in [0.15, 0.2) is 11.6 Å². The minimum Gasteiger partial charge on any atom is -0.458 e. The van der Waals surface area contributed by atoms with Crippen molar-refractivity contribution in [2.75, 3.05) is 0 Å². The van der Waals surface area contributed by atoms with Crippen LogP contribution in [0.3, 0.4) is 0 Å². The van der Waals surface area contributed by atoms with Gasteiger partial charge in [0.2, 0.25) is 5.65 Å². The van der Waals surface area contributed by atoms with E-state index in [1.54, 1.807) is 23.3 Å². The quantitative estimate of drug-likeness (QED) is 0.624. The van der Waals surface area contributed by atoms with Crippen molar-refractivity contribution in [3.05, 3.63) is 47.0 Å². The van der Waals surface area contributed by atoms with Gasteiger partial charge in [0.1, 0.15) is 11.5 Å². The molecule has 24 heavy (non-hydrogen) atoms. The fraction of sp³-hybridized carbons (Fsp3) is 0.250. The van der Waals surface area contributed by atoms with Gasteiger partial charge < -0.3 is 9.40 Å². The van der Waals surface area contributed by atoms with Crippen LogP contribution in [0.25, 0.3) is 28.6 Å². The van der Waals surface area contributed by atoms with Crippen LogP contribution < -0.4 is 5.56 Å². The lowest BCUT2D eigenvalue weighted by atomic mass is 10.3. The maximum atomic E-state index is 12.9. The molecule has 0 unspecified atom stereocenters. The van der Waals surface area contributed by atoms with Gasteiger partial charge in [0.25, 0.3) is 5.56 Å². The molecular weight excluding hydrogens is 308 g/mol. The summed E-state index contributed by atoms with van der Waals surface area (Å²) >= 11 is 0. The van der Waals surface area contributed by atoms with Gasteiger partial charge in [-0.1, -0.05) is 0 Å². The summed E-state index contributed by atoms with van der Waals surface area (Å²) in [5.74, 6) is 1.77. The third-order valence-electron chi connectivity index (χ3n) is 3.82. The van der Waals surface area contributed by atoms with Crippen LogP contribution in [0.1, 0.15) is 25.6 Å². The van der Waals surface area contributed by atoms with Gasteiger partial charge in [0.05, 0.1) is 24.4 Å². The van der Waals surface area contributed by atoms with Crippen LogP contribution in [0, 0.1) is 6.92 Å². The first-order valence-electron chi connectivity index (χ1n) is 7.62. The van der Waals surface area contributed by atoms with E-state index < -0.39 is 0 Å². The number of nitrogens with one attached hydrogen (secondary N) is 1. The summed E-state index contributed by atoms with van der Waals surface area (Å²) in [5.41, 5.74) is 1.45. The van der Waals surface area contributed by atoms with Gasteiger partial charge in [-0.3, -0.25) is 9.36 Å². The molecule has 0 saturated carbocycles. The van der Waals surface area contributed by atoms with Crippen LogP contribution in [-0.4, -0.2) is 29.1 Å². The molecule has 4 aromatic heterocycles. The average molecular weight is 324 g/mol. The van der Waals surface area contributed by atoms with E-state index in [-0.39, 0.29) is 17.2 Å². The zero-order valence-corrected chi connectivity index (χ0v) is 13.5. The minimum absolute atomic E-state index is 0.0808. The zero-order chi connectivity index (χ0) is 16.8. The average Bonchev–Trinajstić information content (AvgIpc) is 3.25. The second kappa shape index (κ2) is 5.19. The fourth-order valence-electron chi connectivity index (χ4n) is 2.72. The predicted molar refractivity (Wildman–Crippen MR) is 87.7 cm³/mol. The number of fused-ring (bicyclic) bond motifs is 1. The molecule has 0 saturated heterocycles. The van der Waals surface area contributed by atoms with Crippen LogP contribution in [0.15, 0.2) is 40.1 Å². The standard InChI is InChI=1S/C16H16N6O2/c1-9(2)21-14(13-5-4-10(3)24-13)20-22-12(11-6-17-8-19-11)7-18-15(22)16(21)23/h4-9H,1-3H3,(H,17,19). The Morgan fingerprint density at radius 1 is 1.25 bits per heavy atom. The Kier molecular flexibility index (Phi) is 3.12. The van der Waals surface area contributed by atoms with Gasteiger partial charge in [-0.25, -0.2) is 14.5 Å². The van der Waals surface area contributed by atoms with E-state index in [4.69, 9.17) is 4.42 Å². The topological polar surface area (TPSA) is 94.0 Å². The number of hydrogen-bond donors (Lipinski definition) is 1. The first kappa shape index (κ1) is 14.4. The van der Waals surface area contributed by atoms with Gasteiger partial charge in [-0.2, -0.15) is 0 Å². The van der Waals surface area contributed by atoms with Crippen LogP contribution in [0.2, 0.25) is 0 Å². The number of nitrogens with zero attached hydrogens (tertiary/aromatic N) is 5. The lowest BCUT2D eigenvalue weighted by Crippen LogP contribution is -2.27. The van der Waals surface area contributed by atoms with Crippen LogP contribution in [0.4, 0.5) is 0 Å². The summed E-state index contributed by atoms with van der Waals surface area (Å²) in [4.78, 5) is 24.2. The van der Waals surface area contributed by atoms with Gasteiger partial charge in [-0.05, 0) is 32.9 Å². The number of H-pyrrole nitrogens is 1. The maximum absolute atomic E-state index is 12.9. The largest absolute Gasteiger partial charge is 0.458 e. The Labute approximate surface area is 136 Å². The predicted octanol–water partition coefficient (Wildman–Crippen LogP) is 2.43. The molecular formula is C16H16N6O2. The smallest absolute Gasteiger partial charge is 0.297 e. The number of aromatic amines is 1. The van der Waals surface area contributed by atoms with Crippen molar-refractivity contribution in [1.82, 2.24) is 29.1 Å². The summed E-state index contributed by atoms with van der Waals surface area (Å²) in [6.45, 7) is 5.71. The summed E-state index contributed by atoms with van der Waals surface area (Å²) in [6, 6.07) is 3.58. The van der Waals surface area contributed by atoms with E-state index >= 15 is 0 Å². The van der Waals surface area contributed by atoms with E-state index in [2.05, 4.69) is 20.1 Å². The van der Waals surface area contributed by atoms with Gasteiger partial charge >= 0.3 is 0 Å².